The zero-order valence-corrected chi connectivity index (χ0v) is 11.4. The van der Waals surface area contributed by atoms with Gasteiger partial charge in [-0.3, -0.25) is 4.79 Å². The number of nitrogens with zero attached hydrogens (tertiary/aromatic N) is 1. The number of amides is 1. The van der Waals surface area contributed by atoms with Gasteiger partial charge in [-0.1, -0.05) is 24.3 Å². The van der Waals surface area contributed by atoms with Crippen LogP contribution in [0.3, 0.4) is 0 Å². The summed E-state index contributed by atoms with van der Waals surface area (Å²) in [6.07, 6.45) is 3.37. The summed E-state index contributed by atoms with van der Waals surface area (Å²) in [4.78, 5) is 12.2. The van der Waals surface area contributed by atoms with Crippen molar-refractivity contribution >= 4 is 5.91 Å². The van der Waals surface area contributed by atoms with Gasteiger partial charge in [0, 0.05) is 13.0 Å². The molecule has 20 heavy (non-hydrogen) atoms. The van der Waals surface area contributed by atoms with Crippen molar-refractivity contribution in [2.45, 2.75) is 43.7 Å². The molecule has 4 nitrogen and oxygen atoms in total. The van der Waals surface area contributed by atoms with Crippen LogP contribution in [-0.4, -0.2) is 24.2 Å². The number of rotatable bonds is 2. The maximum absolute atomic E-state index is 12.2. The Hall–Kier alpha value is -1.86. The van der Waals surface area contributed by atoms with Crippen molar-refractivity contribution in [2.24, 2.45) is 0 Å². The Balaban J connectivity index is 1.76. The van der Waals surface area contributed by atoms with Crippen molar-refractivity contribution in [2.75, 3.05) is 6.61 Å². The summed E-state index contributed by atoms with van der Waals surface area (Å²) in [5.41, 5.74) is 1.66. The zero-order chi connectivity index (χ0) is 14.0. The molecule has 2 atom stereocenters. The molecule has 0 bridgehead atoms. The molecule has 0 spiro atoms. The topological polar surface area (TPSA) is 62.1 Å². The van der Waals surface area contributed by atoms with E-state index in [1.54, 1.807) is 0 Å². The highest BCUT2D eigenvalue weighted by Gasteiger charge is 2.38. The van der Waals surface area contributed by atoms with Gasteiger partial charge in [0.15, 0.2) is 0 Å². The number of carbonyl (C=O) groups is 1. The van der Waals surface area contributed by atoms with Gasteiger partial charge >= 0.3 is 0 Å². The number of hydrogen-bond acceptors (Lipinski definition) is 3. The molecule has 0 aromatic heterocycles. The molecule has 3 rings (SSSR count). The largest absolute Gasteiger partial charge is 0.368 e. The quantitative estimate of drug-likeness (QED) is 0.890. The van der Waals surface area contributed by atoms with Gasteiger partial charge in [0.1, 0.15) is 11.6 Å². The van der Waals surface area contributed by atoms with E-state index in [2.05, 4.69) is 17.5 Å². The van der Waals surface area contributed by atoms with E-state index in [4.69, 9.17) is 4.74 Å². The van der Waals surface area contributed by atoms with Gasteiger partial charge in [0.05, 0.1) is 6.07 Å². The Morgan fingerprint density at radius 1 is 1.40 bits per heavy atom. The number of aryl methyl sites for hydroxylation is 1. The van der Waals surface area contributed by atoms with Gasteiger partial charge in [0.2, 0.25) is 5.91 Å². The Kier molecular flexibility index (Phi) is 3.45. The third kappa shape index (κ3) is 2.41. The van der Waals surface area contributed by atoms with Crippen molar-refractivity contribution in [3.8, 4) is 6.07 Å². The Morgan fingerprint density at radius 3 is 2.90 bits per heavy atom. The molecular weight excluding hydrogens is 252 g/mol. The van der Waals surface area contributed by atoms with Crippen molar-refractivity contribution in [1.82, 2.24) is 5.32 Å². The molecule has 1 saturated heterocycles. The van der Waals surface area contributed by atoms with Gasteiger partial charge in [-0.05, 0) is 36.8 Å². The van der Waals surface area contributed by atoms with Crippen LogP contribution in [0.15, 0.2) is 24.3 Å². The van der Waals surface area contributed by atoms with E-state index in [9.17, 15) is 10.1 Å². The highest BCUT2D eigenvalue weighted by atomic mass is 16.5. The first-order valence-corrected chi connectivity index (χ1v) is 7.14. The minimum absolute atomic E-state index is 0.136. The molecule has 0 saturated carbocycles. The predicted molar refractivity (Wildman–Crippen MR) is 73.9 cm³/mol. The minimum Gasteiger partial charge on any atom is -0.368 e. The molecule has 1 fully saturated rings. The van der Waals surface area contributed by atoms with Gasteiger partial charge in [-0.15, -0.1) is 0 Å². The minimum atomic E-state index is -0.780. The number of nitrogens with one attached hydrogen (secondary N) is 1. The third-order valence-corrected chi connectivity index (χ3v) is 4.23. The van der Waals surface area contributed by atoms with E-state index in [0.717, 1.165) is 24.8 Å². The number of benzene rings is 1. The first-order valence-electron chi connectivity index (χ1n) is 7.14. The molecule has 1 amide bonds. The van der Waals surface area contributed by atoms with E-state index in [0.29, 0.717) is 19.4 Å². The molecule has 1 aromatic carbocycles. The highest BCUT2D eigenvalue weighted by molar-refractivity contribution is 5.82. The van der Waals surface area contributed by atoms with Crippen LogP contribution in [0.4, 0.5) is 0 Å². The van der Waals surface area contributed by atoms with Crippen molar-refractivity contribution in [3.63, 3.8) is 0 Å². The summed E-state index contributed by atoms with van der Waals surface area (Å²) in [7, 11) is 0. The van der Waals surface area contributed by atoms with Gasteiger partial charge < -0.3 is 10.1 Å². The van der Waals surface area contributed by atoms with Crippen molar-refractivity contribution < 1.29 is 9.53 Å². The van der Waals surface area contributed by atoms with Gasteiger partial charge in [-0.2, -0.15) is 5.26 Å². The van der Waals surface area contributed by atoms with Gasteiger partial charge in [-0.25, -0.2) is 0 Å². The lowest BCUT2D eigenvalue weighted by Gasteiger charge is -2.33. The van der Waals surface area contributed by atoms with E-state index in [1.807, 2.05) is 18.2 Å². The maximum atomic E-state index is 12.2. The standard InChI is InChI=1S/C16H18N2O2/c17-11-16(18-15(19)14-6-3-9-20-14)8-7-12-4-1-2-5-13(12)10-16/h1-2,4-5,14H,3,6-10H2,(H,18,19)/t14-,16+/m1/s1. The summed E-state index contributed by atoms with van der Waals surface area (Å²) in [5, 5.41) is 12.5. The second-order valence-electron chi connectivity index (χ2n) is 5.63. The molecule has 4 heteroatoms. The molecule has 1 aromatic rings. The monoisotopic (exact) mass is 270 g/mol. The van der Waals surface area contributed by atoms with Crippen LogP contribution in [0.2, 0.25) is 0 Å². The Bertz CT molecular complexity index is 558. The highest BCUT2D eigenvalue weighted by Crippen LogP contribution is 2.29. The smallest absolute Gasteiger partial charge is 0.250 e. The van der Waals surface area contributed by atoms with Gasteiger partial charge in [0.25, 0.3) is 0 Å². The summed E-state index contributed by atoms with van der Waals surface area (Å²) < 4.78 is 5.39. The third-order valence-electron chi connectivity index (χ3n) is 4.23. The molecule has 1 aliphatic heterocycles. The van der Waals surface area contributed by atoms with Crippen LogP contribution in [0, 0.1) is 11.3 Å². The van der Waals surface area contributed by atoms with Crippen LogP contribution in [0.25, 0.3) is 0 Å². The number of ether oxygens (including phenoxy) is 1. The van der Waals surface area contributed by atoms with Crippen LogP contribution >= 0.6 is 0 Å². The number of carbonyl (C=O) groups excluding carboxylic acids is 1. The zero-order valence-electron chi connectivity index (χ0n) is 11.4. The second kappa shape index (κ2) is 5.26. The Morgan fingerprint density at radius 2 is 2.20 bits per heavy atom. The average Bonchev–Trinajstić information content (AvgIpc) is 3.01. The first-order chi connectivity index (χ1) is 9.72. The van der Waals surface area contributed by atoms with E-state index in [1.165, 1.54) is 5.56 Å². The molecule has 2 aliphatic rings. The molecule has 0 unspecified atom stereocenters. The lowest BCUT2D eigenvalue weighted by molar-refractivity contribution is -0.131. The fourth-order valence-electron chi connectivity index (χ4n) is 3.07. The second-order valence-corrected chi connectivity index (χ2v) is 5.63. The number of fused-ring (bicyclic) bond motifs is 1. The SMILES string of the molecule is N#C[C@]1(NC(=O)[C@H]2CCCO2)CCc2ccccc2C1. The predicted octanol–water partition coefficient (Wildman–Crippen LogP) is 1.73. The fourth-order valence-corrected chi connectivity index (χ4v) is 3.07. The summed E-state index contributed by atoms with van der Waals surface area (Å²) in [5.74, 6) is -0.136. The summed E-state index contributed by atoms with van der Waals surface area (Å²) >= 11 is 0. The molecule has 1 N–H and O–H groups in total. The molecule has 104 valence electrons. The molecule has 1 heterocycles. The lowest BCUT2D eigenvalue weighted by atomic mass is 9.78. The van der Waals surface area contributed by atoms with E-state index in [-0.39, 0.29) is 12.0 Å². The van der Waals surface area contributed by atoms with E-state index >= 15 is 0 Å². The normalized spacial score (nSPS) is 28.4. The average molecular weight is 270 g/mol. The van der Waals surface area contributed by atoms with E-state index < -0.39 is 5.54 Å². The van der Waals surface area contributed by atoms with Crippen LogP contribution < -0.4 is 5.32 Å². The van der Waals surface area contributed by atoms with Crippen molar-refractivity contribution in [3.05, 3.63) is 35.4 Å². The summed E-state index contributed by atoms with van der Waals surface area (Å²) in [6.45, 7) is 0.639. The number of nitriles is 1. The molecule has 1 aliphatic carbocycles. The van der Waals surface area contributed by atoms with Crippen molar-refractivity contribution in [1.29, 1.82) is 5.26 Å². The Labute approximate surface area is 118 Å². The molecular formula is C16H18N2O2. The lowest BCUT2D eigenvalue weighted by Crippen LogP contribution is -2.53. The summed E-state index contributed by atoms with van der Waals surface area (Å²) in [6, 6.07) is 10.5. The maximum Gasteiger partial charge on any atom is 0.250 e. The number of hydrogen-bond donors (Lipinski definition) is 1. The molecule has 0 radical (unpaired) electrons. The first kappa shape index (κ1) is 13.1. The fraction of sp³-hybridized carbons (Fsp3) is 0.500. The van der Waals surface area contributed by atoms with Crippen LogP contribution in [0.5, 0.6) is 0 Å². The van der Waals surface area contributed by atoms with Crippen LogP contribution in [0.1, 0.15) is 30.4 Å². The van der Waals surface area contributed by atoms with Crippen LogP contribution in [-0.2, 0) is 22.4 Å².